The van der Waals surface area contributed by atoms with Crippen LogP contribution >= 0.6 is 0 Å². The van der Waals surface area contributed by atoms with Gasteiger partial charge in [0.15, 0.2) is 0 Å². The number of rotatable bonds is 3. The number of aromatic nitrogens is 2. The first kappa shape index (κ1) is 37.4. The molecule has 6 aromatic rings. The van der Waals surface area contributed by atoms with Crippen molar-refractivity contribution in [2.45, 2.75) is 163 Å². The van der Waals surface area contributed by atoms with Crippen LogP contribution in [0, 0.1) is 24.4 Å². The largest absolute Gasteiger partial charge is 0.500 e. The maximum absolute atomic E-state index is 8.89. The fourth-order valence-corrected chi connectivity index (χ4v) is 8.87. The standard InChI is InChI=1S/C31H36NO.C23H30N.Ir/c1-19-18-32-25(16-20(19)17-29(2,3)4)23-11-9-10-21-22-12-13-24-26(28(22)33-27(21)23)31(7,8)15-14-30(24,5)6;1-21(2,3)17-9-11-20(24-15-17)16-8-10-18-19(14-16)23(6,7)13-12-22(18,4)5;/h9-10,12-13,16,18H,14-15,17H2,1-8H3;9-11,14-15H,12-13H2,1-7H3;/q2*-1;/i1D3,17D2;;. The molecule has 0 atom stereocenters. The Labute approximate surface area is 370 Å². The van der Waals surface area contributed by atoms with E-state index in [0.717, 1.165) is 40.5 Å². The Kier molecular flexibility index (Phi) is 9.77. The summed E-state index contributed by atoms with van der Waals surface area (Å²) in [7, 11) is 0. The molecule has 4 heteroatoms. The van der Waals surface area contributed by atoms with Crippen molar-refractivity contribution in [1.82, 2.24) is 9.97 Å². The zero-order chi connectivity index (χ0) is 45.8. The normalized spacial score (nSPS) is 19.5. The van der Waals surface area contributed by atoms with Crippen molar-refractivity contribution >= 4 is 21.9 Å². The van der Waals surface area contributed by atoms with Gasteiger partial charge in [0.25, 0.3) is 0 Å². The van der Waals surface area contributed by atoms with Gasteiger partial charge < -0.3 is 14.4 Å². The van der Waals surface area contributed by atoms with Gasteiger partial charge in [0, 0.05) is 50.3 Å². The Hall–Kier alpha value is -3.59. The van der Waals surface area contributed by atoms with Gasteiger partial charge in [0.2, 0.25) is 0 Å². The first-order valence-corrected chi connectivity index (χ1v) is 20.8. The van der Waals surface area contributed by atoms with Gasteiger partial charge in [-0.3, -0.25) is 0 Å². The average Bonchev–Trinajstić information content (AvgIpc) is 3.56. The van der Waals surface area contributed by atoms with Crippen molar-refractivity contribution in [1.29, 1.82) is 0 Å². The summed E-state index contributed by atoms with van der Waals surface area (Å²) in [6, 6.07) is 25.4. The van der Waals surface area contributed by atoms with E-state index in [4.69, 9.17) is 16.3 Å². The second-order valence-electron chi connectivity index (χ2n) is 21.4. The number of aryl methyl sites for hydroxylation is 1. The molecular formula is C54H66IrN2O-2. The van der Waals surface area contributed by atoms with E-state index in [2.05, 4.69) is 130 Å². The summed E-state index contributed by atoms with van der Waals surface area (Å²) in [6.45, 7) is 28.0. The van der Waals surface area contributed by atoms with E-state index in [1.54, 1.807) is 26.8 Å². The number of pyridine rings is 2. The first-order valence-electron chi connectivity index (χ1n) is 23.3. The summed E-state index contributed by atoms with van der Waals surface area (Å²) in [6.07, 6.45) is 6.03. The van der Waals surface area contributed by atoms with Crippen LogP contribution in [0.1, 0.15) is 168 Å². The Balaban J connectivity index is 0.000000228. The molecule has 309 valence electrons. The van der Waals surface area contributed by atoms with Crippen LogP contribution in [0.3, 0.4) is 0 Å². The van der Waals surface area contributed by atoms with Crippen molar-refractivity contribution in [2.24, 2.45) is 5.41 Å². The Bertz CT molecular complexity index is 2670. The number of furan rings is 1. The van der Waals surface area contributed by atoms with E-state index in [1.807, 2.05) is 18.3 Å². The number of benzene rings is 3. The molecule has 0 unspecified atom stereocenters. The van der Waals surface area contributed by atoms with Crippen molar-refractivity contribution in [3.05, 3.63) is 118 Å². The number of hydrogen-bond acceptors (Lipinski definition) is 3. The molecule has 3 heterocycles. The molecule has 0 N–H and O–H groups in total. The monoisotopic (exact) mass is 957 g/mol. The van der Waals surface area contributed by atoms with Crippen LogP contribution in [0.4, 0.5) is 0 Å². The average molecular weight is 956 g/mol. The van der Waals surface area contributed by atoms with Gasteiger partial charge in [-0.15, -0.1) is 53.1 Å². The molecule has 2 aliphatic carbocycles. The topological polar surface area (TPSA) is 38.9 Å². The molecule has 8 rings (SSSR count). The zero-order valence-electron chi connectivity index (χ0n) is 42.3. The summed E-state index contributed by atoms with van der Waals surface area (Å²) in [5.41, 5.74) is 11.2. The van der Waals surface area contributed by atoms with Crippen LogP contribution in [0.15, 0.2) is 71.4 Å². The fraction of sp³-hybridized carbons (Fsp3) is 0.481. The van der Waals surface area contributed by atoms with E-state index in [9.17, 15) is 0 Å². The SMILES string of the molecule is CC(C)(C)c1ccc(-c2[c-]cc3c(c2)C(C)(C)CCC3(C)C)nc1.[2H]C([2H])([2H])c1cnc(-c2[c-]ccc3c2oc2c4c(ccc23)C(C)(C)CCC4(C)C)cc1C([2H])([2H])C(C)(C)C.[Ir]. The molecule has 0 fully saturated rings. The van der Waals surface area contributed by atoms with E-state index in [1.165, 1.54) is 46.9 Å². The summed E-state index contributed by atoms with van der Waals surface area (Å²) in [5, 5.41) is 1.97. The van der Waals surface area contributed by atoms with Crippen LogP contribution in [-0.2, 0) is 53.6 Å². The van der Waals surface area contributed by atoms with Gasteiger partial charge in [-0.05, 0) is 93.1 Å². The van der Waals surface area contributed by atoms with Crippen molar-refractivity contribution < 1.29 is 31.4 Å². The Morgan fingerprint density at radius 2 is 1.31 bits per heavy atom. The van der Waals surface area contributed by atoms with Gasteiger partial charge in [-0.2, -0.15) is 0 Å². The summed E-state index contributed by atoms with van der Waals surface area (Å²) in [5.74, 6) is 0. The van der Waals surface area contributed by atoms with Crippen LogP contribution in [-0.4, -0.2) is 9.97 Å². The van der Waals surface area contributed by atoms with E-state index in [0.29, 0.717) is 16.8 Å². The molecule has 1 radical (unpaired) electrons. The van der Waals surface area contributed by atoms with Crippen molar-refractivity contribution in [2.75, 3.05) is 0 Å². The molecule has 0 saturated heterocycles. The predicted octanol–water partition coefficient (Wildman–Crippen LogP) is 14.9. The van der Waals surface area contributed by atoms with Gasteiger partial charge in [0.05, 0.1) is 5.58 Å². The van der Waals surface area contributed by atoms with E-state index < -0.39 is 18.6 Å². The van der Waals surface area contributed by atoms with Gasteiger partial charge in [0.1, 0.15) is 5.58 Å². The minimum Gasteiger partial charge on any atom is -0.500 e. The zero-order valence-corrected chi connectivity index (χ0v) is 39.7. The minimum atomic E-state index is -2.49. The minimum absolute atomic E-state index is 0. The molecule has 0 spiro atoms. The molecule has 3 nitrogen and oxygen atoms in total. The molecule has 0 aliphatic heterocycles. The summed E-state index contributed by atoms with van der Waals surface area (Å²) >= 11 is 0. The smallest absolute Gasteiger partial charge is 0.124 e. The summed E-state index contributed by atoms with van der Waals surface area (Å²) < 4.78 is 48.6. The third-order valence-corrected chi connectivity index (χ3v) is 12.7. The Morgan fingerprint density at radius 3 is 1.93 bits per heavy atom. The molecule has 0 saturated carbocycles. The van der Waals surface area contributed by atoms with E-state index in [-0.39, 0.29) is 58.3 Å². The van der Waals surface area contributed by atoms with Crippen LogP contribution in [0.2, 0.25) is 0 Å². The van der Waals surface area contributed by atoms with Crippen LogP contribution < -0.4 is 0 Å². The third kappa shape index (κ3) is 8.40. The van der Waals surface area contributed by atoms with Crippen LogP contribution in [0.25, 0.3) is 44.5 Å². The quantitative estimate of drug-likeness (QED) is 0.166. The molecule has 58 heavy (non-hydrogen) atoms. The maximum atomic E-state index is 8.89. The molecule has 3 aromatic carbocycles. The van der Waals surface area contributed by atoms with Crippen LogP contribution in [0.5, 0.6) is 0 Å². The molecule has 2 aliphatic rings. The predicted molar refractivity (Wildman–Crippen MR) is 241 cm³/mol. The molecule has 3 aromatic heterocycles. The van der Waals surface area contributed by atoms with Gasteiger partial charge in [-0.25, -0.2) is 0 Å². The second-order valence-corrected chi connectivity index (χ2v) is 21.4. The number of fused-ring (bicyclic) bond motifs is 6. The van der Waals surface area contributed by atoms with E-state index >= 15 is 0 Å². The first-order chi connectivity index (χ1) is 28.4. The third-order valence-electron chi connectivity index (χ3n) is 12.7. The van der Waals surface area contributed by atoms with Crippen molar-refractivity contribution in [3.8, 4) is 22.5 Å². The molecule has 0 amide bonds. The number of hydrogen-bond donors (Lipinski definition) is 0. The second kappa shape index (κ2) is 15.1. The Morgan fingerprint density at radius 1 is 0.690 bits per heavy atom. The summed E-state index contributed by atoms with van der Waals surface area (Å²) in [4.78, 5) is 9.23. The van der Waals surface area contributed by atoms with Gasteiger partial charge in [-0.1, -0.05) is 150 Å². The molecular weight excluding hydrogens is 885 g/mol. The maximum Gasteiger partial charge on any atom is 0.124 e. The van der Waals surface area contributed by atoms with Gasteiger partial charge >= 0.3 is 0 Å². The fourth-order valence-electron chi connectivity index (χ4n) is 8.87. The number of nitrogens with zero attached hydrogens (tertiary/aromatic N) is 2. The molecule has 0 bridgehead atoms. The van der Waals surface area contributed by atoms with Crippen molar-refractivity contribution in [3.63, 3.8) is 0 Å².